The van der Waals surface area contributed by atoms with E-state index in [0.717, 1.165) is 27.8 Å². The largest absolute Gasteiger partial charge is 0.493 e. The first kappa shape index (κ1) is 22.1. The lowest BCUT2D eigenvalue weighted by molar-refractivity contribution is 0.242. The van der Waals surface area contributed by atoms with Crippen LogP contribution in [-0.4, -0.2) is 36.5 Å². The van der Waals surface area contributed by atoms with Crippen LogP contribution in [0.4, 0.5) is 5.82 Å². The maximum Gasteiger partial charge on any atom is 0.162 e. The Bertz CT molecular complexity index is 1270. The smallest absolute Gasteiger partial charge is 0.162 e. The highest BCUT2D eigenvalue weighted by Gasteiger charge is 2.10. The van der Waals surface area contributed by atoms with Gasteiger partial charge in [-0.3, -0.25) is 5.43 Å². The molecule has 0 aliphatic rings. The van der Waals surface area contributed by atoms with Crippen LogP contribution in [0.25, 0.3) is 22.3 Å². The van der Waals surface area contributed by atoms with Gasteiger partial charge in [-0.05, 0) is 74.0 Å². The quantitative estimate of drug-likeness (QED) is 0.285. The first-order chi connectivity index (χ1) is 16.1. The molecule has 4 aromatic rings. The lowest BCUT2D eigenvalue weighted by Gasteiger charge is -2.11. The Morgan fingerprint density at radius 1 is 0.879 bits per heavy atom. The van der Waals surface area contributed by atoms with E-state index in [4.69, 9.17) is 24.2 Å². The molecule has 7 heteroatoms. The zero-order valence-electron chi connectivity index (χ0n) is 19.1. The molecular weight excluding hydrogens is 416 g/mol. The Morgan fingerprint density at radius 3 is 2.36 bits per heavy atom. The molecule has 0 unspecified atom stereocenters. The lowest BCUT2D eigenvalue weighted by atomic mass is 10.1. The van der Waals surface area contributed by atoms with Crippen LogP contribution >= 0.6 is 0 Å². The van der Waals surface area contributed by atoms with E-state index in [0.29, 0.717) is 23.1 Å². The zero-order valence-corrected chi connectivity index (χ0v) is 19.1. The third-order valence-electron chi connectivity index (χ3n) is 4.88. The number of benzene rings is 3. The topological polar surface area (TPSA) is 77.9 Å². The minimum absolute atomic E-state index is 0.118. The third-order valence-corrected chi connectivity index (χ3v) is 4.88. The van der Waals surface area contributed by atoms with E-state index in [1.807, 2.05) is 80.6 Å². The summed E-state index contributed by atoms with van der Waals surface area (Å²) in [6.07, 6.45) is 1.82. The minimum Gasteiger partial charge on any atom is -0.493 e. The summed E-state index contributed by atoms with van der Waals surface area (Å²) in [6, 6.07) is 21.2. The number of ether oxygens (including phenoxy) is 3. The first-order valence-electron chi connectivity index (χ1n) is 10.6. The SMILES string of the molecule is COc1ccc(/C=N\Nc2nc(-c3ccc(OC(C)C)cc3)nc3ccccc23)cc1OC. The number of rotatable bonds is 8. The number of hydrogen-bond donors (Lipinski definition) is 1. The van der Waals surface area contributed by atoms with E-state index < -0.39 is 0 Å². The molecular formula is C26H26N4O3. The molecule has 33 heavy (non-hydrogen) atoms. The summed E-state index contributed by atoms with van der Waals surface area (Å²) in [5, 5.41) is 5.27. The van der Waals surface area contributed by atoms with Crippen LogP contribution < -0.4 is 19.6 Å². The van der Waals surface area contributed by atoms with Gasteiger partial charge in [0.2, 0.25) is 0 Å². The summed E-state index contributed by atoms with van der Waals surface area (Å²) in [5.74, 6) is 3.34. The van der Waals surface area contributed by atoms with Crippen molar-refractivity contribution >= 4 is 22.9 Å². The molecule has 7 nitrogen and oxygen atoms in total. The number of nitrogens with zero attached hydrogens (tertiary/aromatic N) is 3. The summed E-state index contributed by atoms with van der Waals surface area (Å²) in [4.78, 5) is 9.46. The van der Waals surface area contributed by atoms with Crippen LogP contribution in [0.5, 0.6) is 17.2 Å². The first-order valence-corrected chi connectivity index (χ1v) is 10.6. The fourth-order valence-electron chi connectivity index (χ4n) is 3.35. The number of nitrogens with one attached hydrogen (secondary N) is 1. The van der Waals surface area contributed by atoms with Crippen LogP contribution in [0.3, 0.4) is 0 Å². The average molecular weight is 443 g/mol. The van der Waals surface area contributed by atoms with Gasteiger partial charge in [-0.25, -0.2) is 9.97 Å². The van der Waals surface area contributed by atoms with Crippen LogP contribution in [0, 0.1) is 0 Å². The normalized spacial score (nSPS) is 11.2. The second kappa shape index (κ2) is 9.99. The molecule has 0 fully saturated rings. The predicted octanol–water partition coefficient (Wildman–Crippen LogP) is 5.55. The monoisotopic (exact) mass is 442 g/mol. The van der Waals surface area contributed by atoms with Gasteiger partial charge in [0.1, 0.15) is 5.75 Å². The number of para-hydroxylation sites is 1. The van der Waals surface area contributed by atoms with Gasteiger partial charge in [0.05, 0.1) is 32.1 Å². The Labute approximate surface area is 193 Å². The van der Waals surface area contributed by atoms with E-state index in [1.54, 1.807) is 20.4 Å². The third kappa shape index (κ3) is 5.20. The van der Waals surface area contributed by atoms with E-state index in [-0.39, 0.29) is 6.10 Å². The van der Waals surface area contributed by atoms with Gasteiger partial charge in [-0.1, -0.05) is 12.1 Å². The number of hydrogen-bond acceptors (Lipinski definition) is 7. The molecule has 1 N–H and O–H groups in total. The zero-order chi connectivity index (χ0) is 23.2. The average Bonchev–Trinajstić information content (AvgIpc) is 2.84. The van der Waals surface area contributed by atoms with Gasteiger partial charge >= 0.3 is 0 Å². The number of anilines is 1. The molecule has 0 radical (unpaired) electrons. The highest BCUT2D eigenvalue weighted by molar-refractivity contribution is 5.91. The molecule has 0 spiro atoms. The van der Waals surface area contributed by atoms with Crippen LogP contribution in [0.1, 0.15) is 19.4 Å². The molecule has 1 aromatic heterocycles. The van der Waals surface area contributed by atoms with Crippen molar-refractivity contribution in [1.29, 1.82) is 0 Å². The second-order valence-electron chi connectivity index (χ2n) is 7.59. The van der Waals surface area contributed by atoms with Gasteiger partial charge in [-0.15, -0.1) is 0 Å². The van der Waals surface area contributed by atoms with Crippen LogP contribution in [0.15, 0.2) is 71.8 Å². The van der Waals surface area contributed by atoms with Crippen molar-refractivity contribution in [3.63, 3.8) is 0 Å². The van der Waals surface area contributed by atoms with Gasteiger partial charge in [0.15, 0.2) is 23.1 Å². The van der Waals surface area contributed by atoms with Crippen LogP contribution in [-0.2, 0) is 0 Å². The molecule has 0 bridgehead atoms. The molecule has 4 rings (SSSR count). The molecule has 0 amide bonds. The number of methoxy groups -OCH3 is 2. The molecule has 0 aliphatic heterocycles. The van der Waals surface area contributed by atoms with Gasteiger partial charge in [0, 0.05) is 10.9 Å². The Hall–Kier alpha value is -4.13. The van der Waals surface area contributed by atoms with Crippen molar-refractivity contribution in [2.75, 3.05) is 19.6 Å². The summed E-state index contributed by atoms with van der Waals surface area (Å²) < 4.78 is 16.4. The molecule has 3 aromatic carbocycles. The number of hydrazone groups is 1. The molecule has 168 valence electrons. The van der Waals surface area contributed by atoms with Crippen LogP contribution in [0.2, 0.25) is 0 Å². The lowest BCUT2D eigenvalue weighted by Crippen LogP contribution is -2.05. The fraction of sp³-hybridized carbons (Fsp3) is 0.192. The Kier molecular flexibility index (Phi) is 6.69. The summed E-state index contributed by atoms with van der Waals surface area (Å²) in [6.45, 7) is 4.00. The summed E-state index contributed by atoms with van der Waals surface area (Å²) >= 11 is 0. The van der Waals surface area contributed by atoms with Gasteiger partial charge in [0.25, 0.3) is 0 Å². The predicted molar refractivity (Wildman–Crippen MR) is 132 cm³/mol. The highest BCUT2D eigenvalue weighted by atomic mass is 16.5. The van der Waals surface area contributed by atoms with Gasteiger partial charge in [-0.2, -0.15) is 5.10 Å². The van der Waals surface area contributed by atoms with E-state index in [1.165, 1.54) is 0 Å². The maximum atomic E-state index is 5.74. The van der Waals surface area contributed by atoms with Crippen molar-refractivity contribution in [3.8, 4) is 28.6 Å². The minimum atomic E-state index is 0.118. The van der Waals surface area contributed by atoms with Crippen molar-refractivity contribution in [2.24, 2.45) is 5.10 Å². The van der Waals surface area contributed by atoms with Crippen molar-refractivity contribution in [1.82, 2.24) is 9.97 Å². The van der Waals surface area contributed by atoms with E-state index >= 15 is 0 Å². The van der Waals surface area contributed by atoms with E-state index in [9.17, 15) is 0 Å². The fourth-order valence-corrected chi connectivity index (χ4v) is 3.35. The van der Waals surface area contributed by atoms with Crippen molar-refractivity contribution in [3.05, 3.63) is 72.3 Å². The van der Waals surface area contributed by atoms with Crippen molar-refractivity contribution in [2.45, 2.75) is 20.0 Å². The Balaban J connectivity index is 1.63. The molecule has 1 heterocycles. The summed E-state index contributed by atoms with van der Waals surface area (Å²) in [7, 11) is 3.21. The highest BCUT2D eigenvalue weighted by Crippen LogP contribution is 2.28. The second-order valence-corrected chi connectivity index (χ2v) is 7.59. The number of fused-ring (bicyclic) bond motifs is 1. The summed E-state index contributed by atoms with van der Waals surface area (Å²) in [5.41, 5.74) is 5.65. The standard InChI is InChI=1S/C26H26N4O3/c1-17(2)33-20-12-10-19(11-13-20)25-28-22-8-6-5-7-21(22)26(29-25)30-27-16-18-9-14-23(31-3)24(15-18)32-4/h5-17H,1-4H3,(H,28,29,30)/b27-16-. The van der Waals surface area contributed by atoms with Crippen molar-refractivity contribution < 1.29 is 14.2 Å². The van der Waals surface area contributed by atoms with E-state index in [2.05, 4.69) is 10.5 Å². The number of aromatic nitrogens is 2. The van der Waals surface area contributed by atoms with Gasteiger partial charge < -0.3 is 14.2 Å². The Morgan fingerprint density at radius 2 is 1.64 bits per heavy atom. The molecule has 0 aliphatic carbocycles. The maximum absolute atomic E-state index is 5.74. The molecule has 0 saturated carbocycles. The molecule has 0 atom stereocenters. The molecule has 0 saturated heterocycles.